The van der Waals surface area contributed by atoms with Gasteiger partial charge in [0.25, 0.3) is 0 Å². The quantitative estimate of drug-likeness (QED) is 0.682. The van der Waals surface area contributed by atoms with Crippen LogP contribution in [0.2, 0.25) is 0 Å². The van der Waals surface area contributed by atoms with E-state index in [1.54, 1.807) is 0 Å². The number of hydrogen-bond acceptors (Lipinski definition) is 3. The Morgan fingerprint density at radius 3 is 2.31 bits per heavy atom. The summed E-state index contributed by atoms with van der Waals surface area (Å²) in [6.07, 6.45) is 0.490. The molecule has 4 atom stereocenters. The maximum atomic E-state index is 12.0. The van der Waals surface area contributed by atoms with E-state index < -0.39 is 6.29 Å². The van der Waals surface area contributed by atoms with E-state index in [4.69, 9.17) is 9.47 Å². The van der Waals surface area contributed by atoms with Gasteiger partial charge >= 0.3 is 5.97 Å². The average molecular weight is 228 g/mol. The van der Waals surface area contributed by atoms with Crippen LogP contribution in [0.15, 0.2) is 0 Å². The molecule has 0 unspecified atom stereocenters. The van der Waals surface area contributed by atoms with Gasteiger partial charge in [-0.2, -0.15) is 0 Å². The molecule has 0 aromatic heterocycles. The van der Waals surface area contributed by atoms with Gasteiger partial charge in [-0.1, -0.05) is 41.0 Å². The van der Waals surface area contributed by atoms with Crippen LogP contribution in [0.25, 0.3) is 0 Å². The molecular weight excluding hydrogens is 204 g/mol. The van der Waals surface area contributed by atoms with Crippen LogP contribution >= 0.6 is 0 Å². The molecule has 3 heteroatoms. The summed E-state index contributed by atoms with van der Waals surface area (Å²) in [5.41, 5.74) is -0.162. The highest BCUT2D eigenvalue weighted by molar-refractivity contribution is 5.74. The Hall–Kier alpha value is -0.570. The largest absolute Gasteiger partial charge is 0.435 e. The molecule has 94 valence electrons. The number of cyclic esters (lactones) is 1. The molecule has 1 fully saturated rings. The molecule has 1 rings (SSSR count). The number of carbonyl (C=O) groups is 1. The van der Waals surface area contributed by atoms with Crippen molar-refractivity contribution in [3.63, 3.8) is 0 Å². The third kappa shape index (κ3) is 2.76. The Bertz CT molecular complexity index is 254. The van der Waals surface area contributed by atoms with E-state index in [2.05, 4.69) is 13.8 Å². The van der Waals surface area contributed by atoms with Gasteiger partial charge < -0.3 is 9.47 Å². The normalized spacial score (nSPS) is 33.4. The van der Waals surface area contributed by atoms with Crippen molar-refractivity contribution in [1.29, 1.82) is 0 Å². The zero-order valence-electron chi connectivity index (χ0n) is 11.2. The fourth-order valence-electron chi connectivity index (χ4n) is 2.01. The van der Waals surface area contributed by atoms with Crippen LogP contribution < -0.4 is 0 Å². The minimum Gasteiger partial charge on any atom is -0.435 e. The second-order valence-electron chi connectivity index (χ2n) is 5.89. The third-order valence-corrected chi connectivity index (χ3v) is 3.30. The van der Waals surface area contributed by atoms with Gasteiger partial charge in [-0.15, -0.1) is 0 Å². The van der Waals surface area contributed by atoms with Crippen molar-refractivity contribution in [2.45, 2.75) is 60.4 Å². The van der Waals surface area contributed by atoms with Gasteiger partial charge in [0.1, 0.15) is 0 Å². The van der Waals surface area contributed by atoms with Crippen molar-refractivity contribution in [2.24, 2.45) is 17.3 Å². The Kier molecular flexibility index (Phi) is 4.00. The van der Waals surface area contributed by atoms with E-state index in [-0.39, 0.29) is 23.4 Å². The van der Waals surface area contributed by atoms with Crippen molar-refractivity contribution in [1.82, 2.24) is 0 Å². The van der Waals surface area contributed by atoms with Crippen molar-refractivity contribution in [2.75, 3.05) is 0 Å². The fourth-order valence-corrected chi connectivity index (χ4v) is 2.01. The molecule has 0 spiro atoms. The number of hydrogen-bond donors (Lipinski definition) is 0. The first-order valence-electron chi connectivity index (χ1n) is 6.13. The zero-order valence-corrected chi connectivity index (χ0v) is 11.2. The van der Waals surface area contributed by atoms with Crippen molar-refractivity contribution < 1.29 is 14.3 Å². The van der Waals surface area contributed by atoms with Crippen molar-refractivity contribution in [3.05, 3.63) is 0 Å². The average Bonchev–Trinajstić information content (AvgIpc) is 2.14. The van der Waals surface area contributed by atoms with Crippen LogP contribution in [0.4, 0.5) is 0 Å². The van der Waals surface area contributed by atoms with E-state index in [1.807, 2.05) is 27.7 Å². The molecule has 0 radical (unpaired) electrons. The molecule has 0 amide bonds. The van der Waals surface area contributed by atoms with Crippen LogP contribution in [0.5, 0.6) is 0 Å². The van der Waals surface area contributed by atoms with Gasteiger partial charge in [-0.3, -0.25) is 4.79 Å². The molecule has 1 saturated heterocycles. The van der Waals surface area contributed by atoms with Gasteiger partial charge in [0.05, 0.1) is 12.0 Å². The first-order valence-corrected chi connectivity index (χ1v) is 6.13. The van der Waals surface area contributed by atoms with Gasteiger partial charge in [0.2, 0.25) is 6.29 Å². The topological polar surface area (TPSA) is 35.5 Å². The minimum absolute atomic E-state index is 0.0552. The fraction of sp³-hybridized carbons (Fsp3) is 0.923. The summed E-state index contributed by atoms with van der Waals surface area (Å²) in [6.45, 7) is 12.2. The van der Waals surface area contributed by atoms with E-state index in [0.29, 0.717) is 5.92 Å². The van der Waals surface area contributed by atoms with Crippen LogP contribution in [0.3, 0.4) is 0 Å². The Labute approximate surface area is 98.5 Å². The van der Waals surface area contributed by atoms with Crippen LogP contribution in [-0.4, -0.2) is 18.4 Å². The Morgan fingerprint density at radius 1 is 1.38 bits per heavy atom. The summed E-state index contributed by atoms with van der Waals surface area (Å²) >= 11 is 0. The molecular formula is C13H24O3. The number of carbonyl (C=O) groups excluding carboxylic acids is 1. The summed E-state index contributed by atoms with van der Waals surface area (Å²) in [7, 11) is 0. The summed E-state index contributed by atoms with van der Waals surface area (Å²) in [4.78, 5) is 12.0. The maximum absolute atomic E-state index is 12.0. The molecule has 0 aromatic rings. The van der Waals surface area contributed by atoms with Crippen molar-refractivity contribution in [3.8, 4) is 0 Å². The van der Waals surface area contributed by atoms with E-state index in [1.165, 1.54) is 0 Å². The molecule has 0 saturated carbocycles. The van der Waals surface area contributed by atoms with Gasteiger partial charge in [0, 0.05) is 5.41 Å². The summed E-state index contributed by atoms with van der Waals surface area (Å²) in [5, 5.41) is 0. The molecule has 1 aliphatic rings. The molecule has 0 N–H and O–H groups in total. The molecule has 1 heterocycles. The highest BCUT2D eigenvalue weighted by atomic mass is 16.7. The highest BCUT2D eigenvalue weighted by Crippen LogP contribution is 2.34. The van der Waals surface area contributed by atoms with Gasteiger partial charge in [0.15, 0.2) is 0 Å². The van der Waals surface area contributed by atoms with Gasteiger partial charge in [-0.05, 0) is 12.8 Å². The first-order chi connectivity index (χ1) is 7.27. The van der Waals surface area contributed by atoms with Crippen molar-refractivity contribution >= 4 is 5.97 Å². The lowest BCUT2D eigenvalue weighted by molar-refractivity contribution is -0.258. The maximum Gasteiger partial charge on any atom is 0.314 e. The molecule has 0 aliphatic carbocycles. The molecule has 1 aliphatic heterocycles. The van der Waals surface area contributed by atoms with E-state index in [0.717, 1.165) is 6.42 Å². The monoisotopic (exact) mass is 228 g/mol. The van der Waals surface area contributed by atoms with E-state index in [9.17, 15) is 4.79 Å². The molecule has 0 bridgehead atoms. The van der Waals surface area contributed by atoms with E-state index >= 15 is 0 Å². The minimum atomic E-state index is -0.421. The summed E-state index contributed by atoms with van der Waals surface area (Å²) in [5.74, 6) is 0.0834. The Morgan fingerprint density at radius 2 is 1.94 bits per heavy atom. The SMILES string of the molecule is CC[C@@H](C)[C@H]1C(=O)O[C@H](C(C)(C)C)O[C@@H]1C. The van der Waals surface area contributed by atoms with Gasteiger partial charge in [-0.25, -0.2) is 0 Å². The number of esters is 1. The first kappa shape index (κ1) is 13.5. The molecule has 16 heavy (non-hydrogen) atoms. The molecule has 0 aromatic carbocycles. The third-order valence-electron chi connectivity index (χ3n) is 3.30. The number of ether oxygens (including phenoxy) is 2. The highest BCUT2D eigenvalue weighted by Gasteiger charge is 2.43. The lowest BCUT2D eigenvalue weighted by Crippen LogP contribution is -2.49. The predicted molar refractivity (Wildman–Crippen MR) is 62.8 cm³/mol. The van der Waals surface area contributed by atoms with Crippen LogP contribution in [-0.2, 0) is 14.3 Å². The number of rotatable bonds is 2. The van der Waals surface area contributed by atoms with Crippen LogP contribution in [0, 0.1) is 17.3 Å². The zero-order chi connectivity index (χ0) is 12.5. The second kappa shape index (κ2) is 4.74. The van der Waals surface area contributed by atoms with Crippen LogP contribution in [0.1, 0.15) is 48.0 Å². The summed E-state index contributed by atoms with van der Waals surface area (Å²) in [6, 6.07) is 0. The lowest BCUT2D eigenvalue weighted by Gasteiger charge is -2.41. The smallest absolute Gasteiger partial charge is 0.314 e. The second-order valence-corrected chi connectivity index (χ2v) is 5.89. The molecule has 3 nitrogen and oxygen atoms in total. The summed E-state index contributed by atoms with van der Waals surface area (Å²) < 4.78 is 11.2. The lowest BCUT2D eigenvalue weighted by atomic mass is 9.86. The Balaban J connectivity index is 2.76. The predicted octanol–water partition coefficient (Wildman–Crippen LogP) is 2.98. The standard InChI is InChI=1S/C13H24O3/c1-7-8(2)10-9(3)15-12(13(4,5)6)16-11(10)14/h8-10,12H,7H2,1-6H3/t8-,9-,10-,12-/m1/s1.